The lowest BCUT2D eigenvalue weighted by Crippen LogP contribution is -2.13. The third-order valence-corrected chi connectivity index (χ3v) is 7.27. The molecule has 2 aromatic heterocycles. The van der Waals surface area contributed by atoms with Gasteiger partial charge in [0.25, 0.3) is 0 Å². The molecule has 0 spiro atoms. The Balaban J connectivity index is 1.56. The third-order valence-electron chi connectivity index (χ3n) is 6.03. The highest BCUT2D eigenvalue weighted by Crippen LogP contribution is 2.39. The molecule has 0 amide bonds. The molecular weight excluding hydrogens is 468 g/mol. The van der Waals surface area contributed by atoms with Crippen molar-refractivity contribution in [3.63, 3.8) is 0 Å². The zero-order valence-corrected chi connectivity index (χ0v) is 21.3. The number of thioether (sulfide) groups is 1. The summed E-state index contributed by atoms with van der Waals surface area (Å²) in [6.45, 7) is 5.07. The van der Waals surface area contributed by atoms with Crippen LogP contribution >= 0.6 is 11.8 Å². The summed E-state index contributed by atoms with van der Waals surface area (Å²) in [5, 5.41) is 10.3. The Labute approximate surface area is 214 Å². The summed E-state index contributed by atoms with van der Waals surface area (Å²) in [6, 6.07) is 25.6. The molecule has 36 heavy (non-hydrogen) atoms. The van der Waals surface area contributed by atoms with Crippen molar-refractivity contribution in [1.82, 2.24) is 19.7 Å². The maximum Gasteiger partial charge on any atom is 0.192 e. The quantitative estimate of drug-likeness (QED) is 0.179. The summed E-state index contributed by atoms with van der Waals surface area (Å²) in [5.41, 5.74) is 3.51. The van der Waals surface area contributed by atoms with Gasteiger partial charge in [0, 0.05) is 34.8 Å². The number of hydrogen-bond donors (Lipinski definition) is 1. The zero-order chi connectivity index (χ0) is 25.1. The smallest absolute Gasteiger partial charge is 0.192 e. The van der Waals surface area contributed by atoms with Gasteiger partial charge in [-0.15, -0.1) is 10.2 Å². The number of carbonyl (C=O) groups excluding carboxylic acids is 1. The van der Waals surface area contributed by atoms with Crippen LogP contribution in [0.2, 0.25) is 0 Å². The highest BCUT2D eigenvalue weighted by molar-refractivity contribution is 8.00. The van der Waals surface area contributed by atoms with E-state index in [1.807, 2.05) is 85.1 Å². The Morgan fingerprint density at radius 2 is 1.69 bits per heavy atom. The number of nitrogens with zero attached hydrogens (tertiary/aromatic N) is 3. The number of methoxy groups -OCH3 is 1. The van der Waals surface area contributed by atoms with Gasteiger partial charge in [-0.1, -0.05) is 74.1 Å². The summed E-state index contributed by atoms with van der Waals surface area (Å²) in [6.07, 6.45) is 1.81. The van der Waals surface area contributed by atoms with Gasteiger partial charge in [-0.3, -0.25) is 4.79 Å². The van der Waals surface area contributed by atoms with Gasteiger partial charge < -0.3 is 14.3 Å². The van der Waals surface area contributed by atoms with Crippen molar-refractivity contribution in [1.29, 1.82) is 0 Å². The Morgan fingerprint density at radius 3 is 2.42 bits per heavy atom. The highest BCUT2D eigenvalue weighted by atomic mass is 32.2. The molecule has 0 radical (unpaired) electrons. The van der Waals surface area contributed by atoms with E-state index >= 15 is 0 Å². The van der Waals surface area contributed by atoms with E-state index in [0.29, 0.717) is 11.5 Å². The molecule has 5 aromatic rings. The fourth-order valence-electron chi connectivity index (χ4n) is 4.28. The second kappa shape index (κ2) is 10.4. The van der Waals surface area contributed by atoms with E-state index in [1.54, 1.807) is 7.11 Å². The standard InChI is InChI=1S/C29H28N4O2S/c1-19(2)18-33-28(21-13-15-22(35-3)16-14-21)31-32-29(33)36-27(20-9-5-4-6-10-20)26(34)24-17-30-25-12-8-7-11-23(24)25/h4-17,19,27,30H,18H2,1-3H3. The second-order valence-corrected chi connectivity index (χ2v) is 10.1. The van der Waals surface area contributed by atoms with Crippen LogP contribution in [0.5, 0.6) is 5.75 Å². The number of para-hydroxylation sites is 1. The van der Waals surface area contributed by atoms with Gasteiger partial charge in [-0.25, -0.2) is 0 Å². The summed E-state index contributed by atoms with van der Waals surface area (Å²) in [4.78, 5) is 17.2. The first-order chi connectivity index (χ1) is 17.5. The molecule has 3 aromatic carbocycles. The lowest BCUT2D eigenvalue weighted by Gasteiger charge is -2.18. The molecule has 1 N–H and O–H groups in total. The molecule has 0 fully saturated rings. The number of Topliss-reactive ketones (excluding diaryl/α,β-unsaturated/α-hetero) is 1. The van der Waals surface area contributed by atoms with Crippen molar-refractivity contribution in [2.24, 2.45) is 5.92 Å². The van der Waals surface area contributed by atoms with Gasteiger partial charge in [-0.05, 0) is 41.8 Å². The Kier molecular flexibility index (Phi) is 6.91. The minimum Gasteiger partial charge on any atom is -0.497 e. The number of aromatic nitrogens is 4. The first kappa shape index (κ1) is 23.9. The fraction of sp³-hybridized carbons (Fsp3) is 0.207. The van der Waals surface area contributed by atoms with Crippen molar-refractivity contribution in [2.75, 3.05) is 7.11 Å². The maximum absolute atomic E-state index is 14.0. The lowest BCUT2D eigenvalue weighted by molar-refractivity contribution is 0.0991. The SMILES string of the molecule is COc1ccc(-c2nnc(SC(C(=O)c3c[nH]c4ccccc34)c3ccccc3)n2CC(C)C)cc1. The Morgan fingerprint density at radius 1 is 0.972 bits per heavy atom. The summed E-state index contributed by atoms with van der Waals surface area (Å²) in [7, 11) is 1.65. The minimum absolute atomic E-state index is 0.0359. The minimum atomic E-state index is -0.468. The van der Waals surface area contributed by atoms with Gasteiger partial charge in [0.05, 0.1) is 7.11 Å². The molecule has 0 saturated carbocycles. The molecule has 182 valence electrons. The average molecular weight is 497 g/mol. The molecule has 0 aliphatic carbocycles. The first-order valence-corrected chi connectivity index (χ1v) is 12.8. The first-order valence-electron chi connectivity index (χ1n) is 11.9. The number of fused-ring (bicyclic) bond motifs is 1. The topological polar surface area (TPSA) is 72.8 Å². The predicted molar refractivity (Wildman–Crippen MR) is 145 cm³/mol. The van der Waals surface area contributed by atoms with E-state index in [9.17, 15) is 4.79 Å². The van der Waals surface area contributed by atoms with Crippen LogP contribution in [0, 0.1) is 5.92 Å². The summed E-state index contributed by atoms with van der Waals surface area (Å²) >= 11 is 1.45. The van der Waals surface area contributed by atoms with Crippen LogP contribution in [0.1, 0.15) is 35.0 Å². The monoisotopic (exact) mass is 496 g/mol. The lowest BCUT2D eigenvalue weighted by atomic mass is 10.0. The number of benzene rings is 3. The van der Waals surface area contributed by atoms with Crippen molar-refractivity contribution in [3.8, 4) is 17.1 Å². The molecule has 1 atom stereocenters. The van der Waals surface area contributed by atoms with Gasteiger partial charge in [0.15, 0.2) is 16.8 Å². The van der Waals surface area contributed by atoms with Gasteiger partial charge >= 0.3 is 0 Å². The fourth-order valence-corrected chi connectivity index (χ4v) is 5.40. The van der Waals surface area contributed by atoms with Gasteiger partial charge in [-0.2, -0.15) is 0 Å². The van der Waals surface area contributed by atoms with Crippen LogP contribution in [0.25, 0.3) is 22.3 Å². The highest BCUT2D eigenvalue weighted by Gasteiger charge is 2.28. The van der Waals surface area contributed by atoms with Crippen LogP contribution in [0.4, 0.5) is 0 Å². The number of hydrogen-bond acceptors (Lipinski definition) is 5. The van der Waals surface area contributed by atoms with Crippen LogP contribution in [0.15, 0.2) is 90.2 Å². The van der Waals surface area contributed by atoms with E-state index < -0.39 is 5.25 Å². The number of nitrogens with one attached hydrogen (secondary N) is 1. The number of carbonyl (C=O) groups is 1. The normalized spacial score (nSPS) is 12.2. The average Bonchev–Trinajstić information content (AvgIpc) is 3.51. The Hall–Kier alpha value is -3.84. The molecule has 7 heteroatoms. The van der Waals surface area contributed by atoms with Crippen LogP contribution in [-0.2, 0) is 6.54 Å². The molecule has 2 heterocycles. The van der Waals surface area contributed by atoms with Crippen LogP contribution < -0.4 is 4.74 Å². The van der Waals surface area contributed by atoms with Crippen molar-refractivity contribution < 1.29 is 9.53 Å². The van der Waals surface area contributed by atoms with Crippen LogP contribution in [-0.4, -0.2) is 32.6 Å². The third kappa shape index (κ3) is 4.79. The van der Waals surface area contributed by atoms with E-state index in [4.69, 9.17) is 4.74 Å². The van der Waals surface area contributed by atoms with Crippen molar-refractivity contribution >= 4 is 28.4 Å². The number of rotatable bonds is 9. The van der Waals surface area contributed by atoms with E-state index in [2.05, 4.69) is 33.6 Å². The van der Waals surface area contributed by atoms with Gasteiger partial charge in [0.1, 0.15) is 11.0 Å². The second-order valence-electron chi connectivity index (χ2n) is 9.06. The molecule has 1 unspecified atom stereocenters. The number of ketones is 1. The zero-order valence-electron chi connectivity index (χ0n) is 20.5. The molecule has 0 bridgehead atoms. The van der Waals surface area contributed by atoms with E-state index in [1.165, 1.54) is 11.8 Å². The predicted octanol–water partition coefficient (Wildman–Crippen LogP) is 6.81. The van der Waals surface area contributed by atoms with E-state index in [-0.39, 0.29) is 5.78 Å². The Bertz CT molecular complexity index is 1470. The van der Waals surface area contributed by atoms with Crippen LogP contribution in [0.3, 0.4) is 0 Å². The largest absolute Gasteiger partial charge is 0.497 e. The van der Waals surface area contributed by atoms with Crippen molar-refractivity contribution in [2.45, 2.75) is 30.8 Å². The molecule has 6 nitrogen and oxygen atoms in total. The summed E-state index contributed by atoms with van der Waals surface area (Å²) in [5.74, 6) is 1.97. The number of aromatic amines is 1. The molecule has 0 aliphatic heterocycles. The molecule has 5 rings (SSSR count). The molecule has 0 saturated heterocycles. The van der Waals surface area contributed by atoms with Gasteiger partial charge in [0.2, 0.25) is 0 Å². The number of ether oxygens (including phenoxy) is 1. The maximum atomic E-state index is 14.0. The summed E-state index contributed by atoms with van der Waals surface area (Å²) < 4.78 is 7.43. The van der Waals surface area contributed by atoms with Crippen molar-refractivity contribution in [3.05, 3.63) is 96.2 Å². The molecule has 0 aliphatic rings. The number of H-pyrrole nitrogens is 1. The van der Waals surface area contributed by atoms with E-state index in [0.717, 1.165) is 45.3 Å². The molecular formula is C29H28N4O2S.